The van der Waals surface area contributed by atoms with E-state index in [-0.39, 0.29) is 11.6 Å². The van der Waals surface area contributed by atoms with Crippen LogP contribution in [0.15, 0.2) is 60.1 Å². The van der Waals surface area contributed by atoms with Gasteiger partial charge in [0.25, 0.3) is 0 Å². The van der Waals surface area contributed by atoms with Gasteiger partial charge in [-0.2, -0.15) is 15.0 Å². The maximum atomic E-state index is 11.4. The summed E-state index contributed by atoms with van der Waals surface area (Å²) in [5, 5.41) is 6.26. The van der Waals surface area contributed by atoms with Crippen LogP contribution in [0.4, 0.5) is 17.6 Å². The molecule has 8 nitrogen and oxygen atoms in total. The zero-order valence-corrected chi connectivity index (χ0v) is 15.2. The topological polar surface area (TPSA) is 111 Å². The smallest absolute Gasteiger partial charge is 0.323 e. The second kappa shape index (κ2) is 7.69. The molecule has 0 unspecified atom stereocenters. The molecule has 4 N–H and O–H groups in total. The third-order valence-corrected chi connectivity index (χ3v) is 3.71. The summed E-state index contributed by atoms with van der Waals surface area (Å²) in [6.07, 6.45) is 5.08. The van der Waals surface area contributed by atoms with Crippen LogP contribution in [-0.4, -0.2) is 24.9 Å². The van der Waals surface area contributed by atoms with Gasteiger partial charge in [-0.1, -0.05) is 33.1 Å². The monoisotopic (exact) mass is 363 g/mol. The molecular weight excluding hydrogens is 342 g/mol. The number of aromatic nitrogens is 5. The summed E-state index contributed by atoms with van der Waals surface area (Å²) in [5.41, 5.74) is 2.65. The molecule has 2 heterocycles. The van der Waals surface area contributed by atoms with Crippen molar-refractivity contribution in [2.24, 2.45) is 0 Å². The summed E-state index contributed by atoms with van der Waals surface area (Å²) in [6, 6.07) is 5.46. The number of imidazole rings is 1. The van der Waals surface area contributed by atoms with Crippen LogP contribution >= 0.6 is 0 Å². The molecule has 0 aliphatic heterocycles. The second-order valence-corrected chi connectivity index (χ2v) is 6.15. The number of allylic oxidation sites excluding steroid dienone is 3. The average molecular weight is 363 g/mol. The van der Waals surface area contributed by atoms with Gasteiger partial charge >= 0.3 is 5.69 Å². The Labute approximate surface area is 156 Å². The third kappa shape index (κ3) is 4.30. The van der Waals surface area contributed by atoms with E-state index < -0.39 is 0 Å². The highest BCUT2D eigenvalue weighted by Gasteiger charge is 2.11. The van der Waals surface area contributed by atoms with Crippen molar-refractivity contribution >= 4 is 28.6 Å². The van der Waals surface area contributed by atoms with Crippen LogP contribution in [-0.2, 0) is 0 Å². The van der Waals surface area contributed by atoms with E-state index in [0.717, 1.165) is 16.9 Å². The van der Waals surface area contributed by atoms with E-state index in [1.807, 2.05) is 32.0 Å². The standard InChI is InChI=1S/C19H21N7O/c1-5-7-12(6-2)20-17-24-16(11(3)4)25-18(26-17)21-13-8-9-14-15(10-13)23-19(27)22-14/h5-11H,1-2H2,3-4H3,(H2,22,23,27)(H2,20,21,24,25,26)/b12-7+. The van der Waals surface area contributed by atoms with Crippen LogP contribution in [0.2, 0.25) is 0 Å². The van der Waals surface area contributed by atoms with Crippen molar-refractivity contribution in [3.63, 3.8) is 0 Å². The fourth-order valence-electron chi connectivity index (χ4n) is 2.42. The first kappa shape index (κ1) is 18.1. The highest BCUT2D eigenvalue weighted by molar-refractivity contribution is 5.79. The van der Waals surface area contributed by atoms with Crippen LogP contribution in [0.3, 0.4) is 0 Å². The SMILES string of the molecule is C=C/C=C(\C=C)Nc1nc(Nc2ccc3[nH]c(=O)[nH]c3c2)nc(C(C)C)n1. The van der Waals surface area contributed by atoms with Gasteiger partial charge in [0.15, 0.2) is 0 Å². The lowest BCUT2D eigenvalue weighted by Gasteiger charge is -2.12. The van der Waals surface area contributed by atoms with Gasteiger partial charge in [0.1, 0.15) is 5.82 Å². The van der Waals surface area contributed by atoms with E-state index in [9.17, 15) is 4.79 Å². The number of H-pyrrole nitrogens is 2. The molecule has 2 aromatic heterocycles. The predicted molar refractivity (Wildman–Crippen MR) is 108 cm³/mol. The minimum atomic E-state index is -0.248. The molecule has 3 aromatic rings. The van der Waals surface area contributed by atoms with Crippen LogP contribution in [0, 0.1) is 0 Å². The first-order valence-electron chi connectivity index (χ1n) is 8.45. The molecule has 0 saturated carbocycles. The predicted octanol–water partition coefficient (Wildman–Crippen LogP) is 3.58. The molecule has 0 atom stereocenters. The number of hydrogen-bond donors (Lipinski definition) is 4. The number of rotatable bonds is 7. The summed E-state index contributed by atoms with van der Waals surface area (Å²) in [7, 11) is 0. The minimum absolute atomic E-state index is 0.119. The second-order valence-electron chi connectivity index (χ2n) is 6.15. The number of benzene rings is 1. The van der Waals surface area contributed by atoms with Crippen LogP contribution in [0.5, 0.6) is 0 Å². The Morgan fingerprint density at radius 3 is 2.56 bits per heavy atom. The number of nitrogens with zero attached hydrogens (tertiary/aromatic N) is 3. The molecule has 0 spiro atoms. The Balaban J connectivity index is 1.94. The summed E-state index contributed by atoms with van der Waals surface area (Å²) in [5.74, 6) is 1.57. The Bertz CT molecular complexity index is 1080. The van der Waals surface area contributed by atoms with Gasteiger partial charge in [-0.3, -0.25) is 0 Å². The Morgan fingerprint density at radius 1 is 1.11 bits per heavy atom. The van der Waals surface area contributed by atoms with Crippen LogP contribution < -0.4 is 16.3 Å². The van der Waals surface area contributed by atoms with Gasteiger partial charge in [-0.25, -0.2) is 4.79 Å². The van der Waals surface area contributed by atoms with Crippen LogP contribution in [0.1, 0.15) is 25.6 Å². The number of fused-ring (bicyclic) bond motifs is 1. The van der Waals surface area contributed by atoms with E-state index in [4.69, 9.17) is 0 Å². The average Bonchev–Trinajstić information content (AvgIpc) is 3.00. The lowest BCUT2D eigenvalue weighted by atomic mass is 10.2. The lowest BCUT2D eigenvalue weighted by molar-refractivity contribution is 0.766. The van der Waals surface area contributed by atoms with Crippen molar-refractivity contribution in [2.45, 2.75) is 19.8 Å². The lowest BCUT2D eigenvalue weighted by Crippen LogP contribution is -2.10. The number of nitrogens with one attached hydrogen (secondary N) is 4. The molecule has 3 rings (SSSR count). The summed E-state index contributed by atoms with van der Waals surface area (Å²) >= 11 is 0. The quantitative estimate of drug-likeness (QED) is 0.478. The molecule has 0 aliphatic rings. The van der Waals surface area contributed by atoms with Gasteiger partial charge in [-0.15, -0.1) is 0 Å². The van der Waals surface area contributed by atoms with Crippen molar-refractivity contribution in [3.05, 3.63) is 71.6 Å². The molecule has 0 saturated heterocycles. The highest BCUT2D eigenvalue weighted by Crippen LogP contribution is 2.20. The fourth-order valence-corrected chi connectivity index (χ4v) is 2.42. The van der Waals surface area contributed by atoms with E-state index in [1.54, 1.807) is 18.2 Å². The van der Waals surface area contributed by atoms with Gasteiger partial charge in [0.05, 0.1) is 11.0 Å². The zero-order chi connectivity index (χ0) is 19.4. The first-order valence-corrected chi connectivity index (χ1v) is 8.45. The summed E-state index contributed by atoms with van der Waals surface area (Å²) in [6.45, 7) is 11.5. The minimum Gasteiger partial charge on any atom is -0.324 e. The molecule has 0 bridgehead atoms. The maximum Gasteiger partial charge on any atom is 0.323 e. The Hall–Kier alpha value is -3.68. The Morgan fingerprint density at radius 2 is 1.85 bits per heavy atom. The molecular formula is C19H21N7O. The van der Waals surface area contributed by atoms with Gasteiger partial charge in [0, 0.05) is 17.3 Å². The third-order valence-electron chi connectivity index (χ3n) is 3.71. The van der Waals surface area contributed by atoms with Crippen molar-refractivity contribution in [3.8, 4) is 0 Å². The van der Waals surface area contributed by atoms with Gasteiger partial charge in [-0.05, 0) is 30.4 Å². The van der Waals surface area contributed by atoms with Gasteiger partial charge < -0.3 is 20.6 Å². The van der Waals surface area contributed by atoms with Crippen molar-refractivity contribution in [2.75, 3.05) is 10.6 Å². The van der Waals surface area contributed by atoms with Crippen molar-refractivity contribution < 1.29 is 0 Å². The molecule has 0 radical (unpaired) electrons. The molecule has 1 aromatic carbocycles. The first-order chi connectivity index (χ1) is 13.0. The maximum absolute atomic E-state index is 11.4. The van der Waals surface area contributed by atoms with Gasteiger partial charge in [0.2, 0.25) is 11.9 Å². The highest BCUT2D eigenvalue weighted by atomic mass is 16.1. The Kier molecular flexibility index (Phi) is 5.16. The van der Waals surface area contributed by atoms with Crippen molar-refractivity contribution in [1.29, 1.82) is 0 Å². The molecule has 138 valence electrons. The normalized spacial score (nSPS) is 11.6. The summed E-state index contributed by atoms with van der Waals surface area (Å²) in [4.78, 5) is 30.2. The van der Waals surface area contributed by atoms with E-state index >= 15 is 0 Å². The molecule has 0 fully saturated rings. The molecule has 0 aliphatic carbocycles. The van der Waals surface area contributed by atoms with E-state index in [0.29, 0.717) is 23.2 Å². The number of anilines is 3. The van der Waals surface area contributed by atoms with Crippen molar-refractivity contribution in [1.82, 2.24) is 24.9 Å². The number of hydrogen-bond acceptors (Lipinski definition) is 6. The molecule has 27 heavy (non-hydrogen) atoms. The molecule has 0 amide bonds. The largest absolute Gasteiger partial charge is 0.324 e. The van der Waals surface area contributed by atoms with E-state index in [1.165, 1.54) is 0 Å². The van der Waals surface area contributed by atoms with Crippen LogP contribution in [0.25, 0.3) is 11.0 Å². The summed E-state index contributed by atoms with van der Waals surface area (Å²) < 4.78 is 0. The zero-order valence-electron chi connectivity index (χ0n) is 15.2. The van der Waals surface area contributed by atoms with E-state index in [2.05, 4.69) is 48.7 Å². The fraction of sp³-hybridized carbons (Fsp3) is 0.158. The number of aromatic amines is 2. The molecule has 8 heteroatoms.